The second kappa shape index (κ2) is 6.97. The van der Waals surface area contributed by atoms with E-state index in [9.17, 15) is 10.1 Å². The Balaban J connectivity index is 1.65. The van der Waals surface area contributed by atoms with Crippen molar-refractivity contribution in [2.45, 2.75) is 13.5 Å². The van der Waals surface area contributed by atoms with Gasteiger partial charge >= 0.3 is 5.69 Å². The second-order valence-corrected chi connectivity index (χ2v) is 5.73. The standard InChI is InChI=1S/C14H21N7O3/c1-11-13(21(22)23)14(18(2)17-11)16-12-9-15-20(10-12)4-3-19-5-7-24-8-6-19/h9-10,16H,3-8H2,1-2H3. The molecule has 2 aromatic heterocycles. The molecule has 10 nitrogen and oxygen atoms in total. The number of morpholine rings is 1. The quantitative estimate of drug-likeness (QED) is 0.618. The van der Waals surface area contributed by atoms with Crippen molar-refractivity contribution in [3.05, 3.63) is 28.2 Å². The highest BCUT2D eigenvalue weighted by molar-refractivity contribution is 5.66. The van der Waals surface area contributed by atoms with Crippen molar-refractivity contribution in [3.8, 4) is 0 Å². The molecule has 0 spiro atoms. The first-order valence-corrected chi connectivity index (χ1v) is 7.82. The van der Waals surface area contributed by atoms with E-state index in [1.54, 1.807) is 20.2 Å². The fraction of sp³-hybridized carbons (Fsp3) is 0.571. The zero-order valence-electron chi connectivity index (χ0n) is 13.8. The third-order valence-corrected chi connectivity index (χ3v) is 4.02. The van der Waals surface area contributed by atoms with Gasteiger partial charge in [-0.2, -0.15) is 10.2 Å². The first kappa shape index (κ1) is 16.4. The first-order chi connectivity index (χ1) is 11.5. The number of nitrogens with zero attached hydrogens (tertiary/aromatic N) is 6. The number of nitro groups is 1. The Morgan fingerprint density at radius 2 is 2.12 bits per heavy atom. The molecule has 1 fully saturated rings. The molecular weight excluding hydrogens is 314 g/mol. The lowest BCUT2D eigenvalue weighted by Gasteiger charge is -2.26. The fourth-order valence-electron chi connectivity index (χ4n) is 2.76. The molecule has 0 aliphatic carbocycles. The summed E-state index contributed by atoms with van der Waals surface area (Å²) in [6.45, 7) is 6.70. The van der Waals surface area contributed by atoms with Crippen molar-refractivity contribution in [1.82, 2.24) is 24.5 Å². The molecule has 1 N–H and O–H groups in total. The minimum atomic E-state index is -0.423. The number of anilines is 2. The summed E-state index contributed by atoms with van der Waals surface area (Å²) >= 11 is 0. The number of hydrogen-bond donors (Lipinski definition) is 1. The molecule has 1 saturated heterocycles. The Labute approximate surface area is 139 Å². The van der Waals surface area contributed by atoms with Gasteiger partial charge in [-0.1, -0.05) is 0 Å². The molecule has 1 aliphatic rings. The van der Waals surface area contributed by atoms with E-state index in [0.29, 0.717) is 17.2 Å². The average Bonchev–Trinajstić information content (AvgIpc) is 3.11. The van der Waals surface area contributed by atoms with Gasteiger partial charge in [0.25, 0.3) is 0 Å². The number of hydrogen-bond acceptors (Lipinski definition) is 7. The van der Waals surface area contributed by atoms with Gasteiger partial charge in [0.2, 0.25) is 5.82 Å². The summed E-state index contributed by atoms with van der Waals surface area (Å²) in [6, 6.07) is 0. The average molecular weight is 335 g/mol. The molecule has 0 unspecified atom stereocenters. The van der Waals surface area contributed by atoms with Crippen molar-refractivity contribution in [1.29, 1.82) is 0 Å². The lowest BCUT2D eigenvalue weighted by Crippen LogP contribution is -2.38. The van der Waals surface area contributed by atoms with Gasteiger partial charge in [-0.15, -0.1) is 0 Å². The molecule has 0 amide bonds. The minimum absolute atomic E-state index is 0.0152. The molecule has 10 heteroatoms. The molecule has 0 aromatic carbocycles. The Hall–Kier alpha value is -2.46. The van der Waals surface area contributed by atoms with Crippen LogP contribution in [0.1, 0.15) is 5.69 Å². The first-order valence-electron chi connectivity index (χ1n) is 7.82. The second-order valence-electron chi connectivity index (χ2n) is 5.73. The maximum Gasteiger partial charge on any atom is 0.334 e. The summed E-state index contributed by atoms with van der Waals surface area (Å²) in [5.41, 5.74) is 1.06. The SMILES string of the molecule is Cc1nn(C)c(Nc2cnn(CCN3CCOCC3)c2)c1[N+](=O)[O-]. The molecule has 1 aliphatic heterocycles. The maximum atomic E-state index is 11.2. The van der Waals surface area contributed by atoms with Crippen LogP contribution in [0, 0.1) is 17.0 Å². The molecule has 24 heavy (non-hydrogen) atoms. The summed E-state index contributed by atoms with van der Waals surface area (Å²) in [5, 5.41) is 22.7. The van der Waals surface area contributed by atoms with E-state index in [1.807, 2.05) is 10.9 Å². The Morgan fingerprint density at radius 3 is 2.83 bits per heavy atom. The monoisotopic (exact) mass is 335 g/mol. The van der Waals surface area contributed by atoms with Crippen molar-refractivity contribution in [2.24, 2.45) is 7.05 Å². The van der Waals surface area contributed by atoms with E-state index < -0.39 is 4.92 Å². The highest BCUT2D eigenvalue weighted by Gasteiger charge is 2.24. The van der Waals surface area contributed by atoms with Crippen LogP contribution < -0.4 is 5.32 Å². The van der Waals surface area contributed by atoms with Crippen LogP contribution in [0.4, 0.5) is 17.2 Å². The number of rotatable bonds is 6. The lowest BCUT2D eigenvalue weighted by molar-refractivity contribution is -0.384. The van der Waals surface area contributed by atoms with Crippen molar-refractivity contribution < 1.29 is 9.66 Å². The third-order valence-electron chi connectivity index (χ3n) is 4.02. The molecule has 2 aromatic rings. The highest BCUT2D eigenvalue weighted by Crippen LogP contribution is 2.29. The van der Waals surface area contributed by atoms with Crippen LogP contribution in [0.5, 0.6) is 0 Å². The van der Waals surface area contributed by atoms with E-state index >= 15 is 0 Å². The summed E-state index contributed by atoms with van der Waals surface area (Å²) in [7, 11) is 1.67. The van der Waals surface area contributed by atoms with Gasteiger partial charge in [0.05, 0.1) is 36.6 Å². The lowest BCUT2D eigenvalue weighted by atomic mass is 10.4. The van der Waals surface area contributed by atoms with Crippen LogP contribution in [0.25, 0.3) is 0 Å². The number of nitrogens with one attached hydrogen (secondary N) is 1. The van der Waals surface area contributed by atoms with Gasteiger partial charge in [0.1, 0.15) is 5.69 Å². The van der Waals surface area contributed by atoms with Crippen LogP contribution >= 0.6 is 0 Å². The Kier molecular flexibility index (Phi) is 4.76. The van der Waals surface area contributed by atoms with Gasteiger partial charge in [-0.3, -0.25) is 19.7 Å². The van der Waals surface area contributed by atoms with Crippen LogP contribution in [-0.4, -0.2) is 62.2 Å². The number of aromatic nitrogens is 4. The largest absolute Gasteiger partial charge is 0.379 e. The van der Waals surface area contributed by atoms with Crippen LogP contribution in [0.15, 0.2) is 12.4 Å². The zero-order valence-corrected chi connectivity index (χ0v) is 13.8. The molecule has 0 bridgehead atoms. The predicted molar refractivity (Wildman–Crippen MR) is 87.4 cm³/mol. The van der Waals surface area contributed by atoms with Crippen LogP contribution in [-0.2, 0) is 18.3 Å². The fourth-order valence-corrected chi connectivity index (χ4v) is 2.76. The molecule has 0 atom stereocenters. The van der Waals surface area contributed by atoms with E-state index in [-0.39, 0.29) is 5.69 Å². The van der Waals surface area contributed by atoms with E-state index in [4.69, 9.17) is 4.74 Å². The van der Waals surface area contributed by atoms with Gasteiger partial charge < -0.3 is 10.1 Å². The molecule has 3 rings (SSSR count). The minimum Gasteiger partial charge on any atom is -0.379 e. The molecule has 3 heterocycles. The summed E-state index contributed by atoms with van der Waals surface area (Å²) < 4.78 is 8.63. The Morgan fingerprint density at radius 1 is 1.38 bits per heavy atom. The normalized spacial score (nSPS) is 15.6. The Bertz CT molecular complexity index is 718. The topological polar surface area (TPSA) is 103 Å². The summed E-state index contributed by atoms with van der Waals surface area (Å²) in [4.78, 5) is 13.1. The summed E-state index contributed by atoms with van der Waals surface area (Å²) in [6.07, 6.45) is 3.50. The van der Waals surface area contributed by atoms with Gasteiger partial charge in [-0.25, -0.2) is 4.68 Å². The van der Waals surface area contributed by atoms with Crippen LogP contribution in [0.2, 0.25) is 0 Å². The summed E-state index contributed by atoms with van der Waals surface area (Å²) in [5.74, 6) is 0.352. The van der Waals surface area contributed by atoms with Gasteiger partial charge in [-0.05, 0) is 6.92 Å². The van der Waals surface area contributed by atoms with E-state index in [2.05, 4.69) is 20.4 Å². The zero-order chi connectivity index (χ0) is 17.1. The van der Waals surface area contributed by atoms with Crippen LogP contribution in [0.3, 0.4) is 0 Å². The van der Waals surface area contributed by atoms with Crippen molar-refractivity contribution in [3.63, 3.8) is 0 Å². The van der Waals surface area contributed by atoms with Crippen molar-refractivity contribution in [2.75, 3.05) is 38.2 Å². The molecule has 0 saturated carbocycles. The highest BCUT2D eigenvalue weighted by atomic mass is 16.6. The van der Waals surface area contributed by atoms with Gasteiger partial charge in [0.15, 0.2) is 0 Å². The molecule has 0 radical (unpaired) electrons. The van der Waals surface area contributed by atoms with E-state index in [0.717, 1.165) is 39.4 Å². The number of aryl methyl sites for hydroxylation is 2. The predicted octanol–water partition coefficient (Wildman–Crippen LogP) is 0.909. The third kappa shape index (κ3) is 3.54. The number of ether oxygens (including phenoxy) is 1. The molecule has 130 valence electrons. The van der Waals surface area contributed by atoms with Crippen molar-refractivity contribution >= 4 is 17.2 Å². The van der Waals surface area contributed by atoms with E-state index in [1.165, 1.54) is 4.68 Å². The van der Waals surface area contributed by atoms with Gasteiger partial charge in [0, 0.05) is 32.9 Å². The molecular formula is C14H21N7O3. The smallest absolute Gasteiger partial charge is 0.334 e. The maximum absolute atomic E-state index is 11.2.